The Morgan fingerprint density at radius 2 is 0.571 bits per heavy atom. The molecule has 0 saturated carbocycles. The second-order valence-electron chi connectivity index (χ2n) is 2.90. The number of carboxylic acids is 4. The van der Waals surface area contributed by atoms with Gasteiger partial charge in [0.1, 0.15) is 0 Å². The van der Waals surface area contributed by atoms with Gasteiger partial charge >= 0.3 is 21.1 Å². The minimum atomic E-state index is -0.995. The van der Waals surface area contributed by atoms with Crippen LogP contribution in [0, 0.1) is 0 Å². The molecule has 9 heteroatoms. The molecule has 0 N–H and O–H groups in total. The number of hydrogen-bond donors (Lipinski definition) is 0. The molecular weight excluding hydrogens is 368 g/mol. The van der Waals surface area contributed by atoms with Crippen molar-refractivity contribution in [2.45, 2.75) is 53.4 Å². The van der Waals surface area contributed by atoms with Crippen LogP contribution in [-0.4, -0.2) is 23.9 Å². The van der Waals surface area contributed by atoms with Gasteiger partial charge in [-0.15, -0.1) is 0 Å². The number of rotatable bonds is 4. The maximum Gasteiger partial charge on any atom is 4.00 e. The van der Waals surface area contributed by atoms with Crippen LogP contribution in [0.15, 0.2) is 0 Å². The van der Waals surface area contributed by atoms with Crippen LogP contribution in [0.1, 0.15) is 53.4 Å². The van der Waals surface area contributed by atoms with E-state index in [1.165, 1.54) is 27.7 Å². The van der Waals surface area contributed by atoms with Gasteiger partial charge in [0.15, 0.2) is 0 Å². The summed E-state index contributed by atoms with van der Waals surface area (Å²) in [5.41, 5.74) is 0. The first-order valence-corrected chi connectivity index (χ1v) is 5.88. The van der Waals surface area contributed by atoms with E-state index in [4.69, 9.17) is 0 Å². The summed E-state index contributed by atoms with van der Waals surface area (Å²) in [5, 5.41) is 37.0. The molecule has 0 radical (unpaired) electrons. The van der Waals surface area contributed by atoms with E-state index in [1.807, 2.05) is 0 Å². The Bertz CT molecular complexity index is 222. The molecule has 0 amide bonds. The summed E-state index contributed by atoms with van der Waals surface area (Å²) in [6, 6.07) is 0. The molecule has 0 heterocycles. The first-order chi connectivity index (χ1) is 9.08. The average molecular weight is 388 g/mol. The standard InChI is InChI=1S/4C3H6O2.Mo/c4*1-2-3(4)5;/h4*2H2,1H3,(H,4,5);/q;;;;+4/p-4. The first kappa shape index (κ1) is 31.8. The van der Waals surface area contributed by atoms with Crippen LogP contribution in [0.5, 0.6) is 0 Å². The molecular formula is C12H20MoO8. The molecule has 0 aromatic rings. The maximum atomic E-state index is 9.26. The molecule has 0 aliphatic heterocycles. The van der Waals surface area contributed by atoms with E-state index in [-0.39, 0.29) is 46.7 Å². The van der Waals surface area contributed by atoms with Crippen molar-refractivity contribution in [3.8, 4) is 0 Å². The van der Waals surface area contributed by atoms with E-state index >= 15 is 0 Å². The fourth-order valence-corrected chi connectivity index (χ4v) is 0. The Morgan fingerprint density at radius 3 is 0.571 bits per heavy atom. The molecule has 0 aliphatic rings. The second kappa shape index (κ2) is 27.0. The maximum absolute atomic E-state index is 9.26. The topological polar surface area (TPSA) is 161 Å². The summed E-state index contributed by atoms with van der Waals surface area (Å²) < 4.78 is 0. The summed E-state index contributed by atoms with van der Waals surface area (Å²) in [6.45, 7) is 6.15. The molecule has 21 heavy (non-hydrogen) atoms. The molecule has 0 spiro atoms. The van der Waals surface area contributed by atoms with Crippen LogP contribution < -0.4 is 20.4 Å². The Hall–Kier alpha value is -1.43. The smallest absolute Gasteiger partial charge is 0.550 e. The van der Waals surface area contributed by atoms with Gasteiger partial charge in [-0.05, 0) is 25.7 Å². The predicted molar refractivity (Wildman–Crippen MR) is 61.2 cm³/mol. The molecule has 0 atom stereocenters. The fourth-order valence-electron chi connectivity index (χ4n) is 0. The molecule has 0 fully saturated rings. The average Bonchev–Trinajstić information content (AvgIpc) is 2.40. The molecule has 0 saturated heterocycles. The quantitative estimate of drug-likeness (QED) is 0.450. The largest absolute Gasteiger partial charge is 4.00 e. The van der Waals surface area contributed by atoms with Crippen molar-refractivity contribution in [3.63, 3.8) is 0 Å². The van der Waals surface area contributed by atoms with E-state index in [9.17, 15) is 39.6 Å². The SMILES string of the molecule is CCC(=O)[O-].CCC(=O)[O-].CCC(=O)[O-].CCC(=O)[O-].[Mo+4]. The minimum Gasteiger partial charge on any atom is -0.550 e. The summed E-state index contributed by atoms with van der Waals surface area (Å²) in [6.07, 6.45) is 0.444. The Balaban J connectivity index is -0.0000000533. The normalized spacial score (nSPS) is 7.05. The van der Waals surface area contributed by atoms with Crippen molar-refractivity contribution in [1.82, 2.24) is 0 Å². The molecule has 8 nitrogen and oxygen atoms in total. The van der Waals surface area contributed by atoms with Gasteiger partial charge in [-0.1, -0.05) is 27.7 Å². The van der Waals surface area contributed by atoms with Crippen molar-refractivity contribution in [3.05, 3.63) is 0 Å². The Morgan fingerprint density at radius 1 is 0.524 bits per heavy atom. The van der Waals surface area contributed by atoms with Crippen molar-refractivity contribution < 1.29 is 60.7 Å². The molecule has 0 aromatic heterocycles. The molecule has 0 aromatic carbocycles. The number of carbonyl (C=O) groups is 4. The van der Waals surface area contributed by atoms with Crippen LogP contribution in [-0.2, 0) is 40.2 Å². The molecule has 122 valence electrons. The zero-order chi connectivity index (χ0) is 17.1. The molecule has 0 rings (SSSR count). The van der Waals surface area contributed by atoms with E-state index in [0.29, 0.717) is 0 Å². The van der Waals surface area contributed by atoms with Gasteiger partial charge < -0.3 is 39.6 Å². The molecule has 0 unspecified atom stereocenters. The van der Waals surface area contributed by atoms with Crippen LogP contribution in [0.25, 0.3) is 0 Å². The molecule has 0 aliphatic carbocycles. The van der Waals surface area contributed by atoms with Gasteiger partial charge in [-0.2, -0.15) is 0 Å². The zero-order valence-electron chi connectivity index (χ0n) is 12.5. The first-order valence-electron chi connectivity index (χ1n) is 5.88. The number of carboxylic acid groups (broad SMARTS) is 4. The van der Waals surface area contributed by atoms with Crippen LogP contribution in [0.4, 0.5) is 0 Å². The Labute approximate surface area is 138 Å². The predicted octanol–water partition coefficient (Wildman–Crippen LogP) is -3.42. The third-order valence-electron chi connectivity index (χ3n) is 1.15. The van der Waals surface area contributed by atoms with Crippen molar-refractivity contribution in [2.75, 3.05) is 0 Å². The van der Waals surface area contributed by atoms with Gasteiger partial charge in [0.25, 0.3) is 0 Å². The Kier molecular flexibility index (Phi) is 40.9. The second-order valence-corrected chi connectivity index (χ2v) is 2.90. The number of hydrogen-bond acceptors (Lipinski definition) is 8. The van der Waals surface area contributed by atoms with Crippen LogP contribution in [0.3, 0.4) is 0 Å². The van der Waals surface area contributed by atoms with Crippen molar-refractivity contribution >= 4 is 23.9 Å². The monoisotopic (exact) mass is 390 g/mol. The fraction of sp³-hybridized carbons (Fsp3) is 0.667. The summed E-state index contributed by atoms with van der Waals surface area (Å²) in [5.74, 6) is -3.98. The van der Waals surface area contributed by atoms with Gasteiger partial charge in [-0.3, -0.25) is 0 Å². The van der Waals surface area contributed by atoms with Gasteiger partial charge in [0.05, 0.1) is 0 Å². The van der Waals surface area contributed by atoms with E-state index < -0.39 is 23.9 Å². The van der Waals surface area contributed by atoms with Crippen LogP contribution in [0.2, 0.25) is 0 Å². The van der Waals surface area contributed by atoms with E-state index in [1.54, 1.807) is 0 Å². The number of aliphatic carboxylic acids is 4. The van der Waals surface area contributed by atoms with E-state index in [2.05, 4.69) is 0 Å². The third kappa shape index (κ3) is 118. The number of carbonyl (C=O) groups excluding carboxylic acids is 4. The third-order valence-corrected chi connectivity index (χ3v) is 1.15. The van der Waals surface area contributed by atoms with E-state index in [0.717, 1.165) is 0 Å². The van der Waals surface area contributed by atoms with Crippen molar-refractivity contribution in [2.24, 2.45) is 0 Å². The van der Waals surface area contributed by atoms with Crippen LogP contribution >= 0.6 is 0 Å². The minimum absolute atomic E-state index is 0. The van der Waals surface area contributed by atoms with Crippen molar-refractivity contribution in [1.29, 1.82) is 0 Å². The zero-order valence-corrected chi connectivity index (χ0v) is 14.5. The van der Waals surface area contributed by atoms with Gasteiger partial charge in [0, 0.05) is 23.9 Å². The van der Waals surface area contributed by atoms with Gasteiger partial charge in [-0.25, -0.2) is 0 Å². The summed E-state index contributed by atoms with van der Waals surface area (Å²) >= 11 is 0. The molecule has 0 bridgehead atoms. The van der Waals surface area contributed by atoms with Gasteiger partial charge in [0.2, 0.25) is 0 Å². The summed E-state index contributed by atoms with van der Waals surface area (Å²) in [7, 11) is 0. The summed E-state index contributed by atoms with van der Waals surface area (Å²) in [4.78, 5) is 37.0.